The van der Waals surface area contributed by atoms with E-state index in [9.17, 15) is 5.11 Å². The number of phenols is 1. The molecule has 23 heavy (non-hydrogen) atoms. The molecule has 4 heteroatoms. The maximum atomic E-state index is 9.82. The van der Waals surface area contributed by atoms with E-state index in [0.717, 1.165) is 31.9 Å². The molecule has 1 aliphatic rings. The summed E-state index contributed by atoms with van der Waals surface area (Å²) in [6.07, 6.45) is 0. The van der Waals surface area contributed by atoms with Crippen molar-refractivity contribution in [2.24, 2.45) is 0 Å². The predicted molar refractivity (Wildman–Crippen MR) is 92.8 cm³/mol. The quantitative estimate of drug-likeness (QED) is 0.890. The molecule has 1 aliphatic heterocycles. The summed E-state index contributed by atoms with van der Waals surface area (Å²) in [6.45, 7) is 6.32. The molecule has 122 valence electrons. The monoisotopic (exact) mass is 312 g/mol. The number of aromatic hydroxyl groups is 1. The number of morpholine rings is 1. The van der Waals surface area contributed by atoms with Crippen molar-refractivity contribution in [1.82, 2.24) is 5.32 Å². The predicted octanol–water partition coefficient (Wildman–Crippen LogP) is 3.08. The molecule has 4 nitrogen and oxygen atoms in total. The van der Waals surface area contributed by atoms with Crippen LogP contribution >= 0.6 is 0 Å². The minimum absolute atomic E-state index is 0.230. The van der Waals surface area contributed by atoms with Gasteiger partial charge < -0.3 is 20.1 Å². The summed E-state index contributed by atoms with van der Waals surface area (Å²) >= 11 is 0. The molecule has 0 radical (unpaired) electrons. The van der Waals surface area contributed by atoms with E-state index in [4.69, 9.17) is 4.74 Å². The first-order chi connectivity index (χ1) is 11.2. The number of ether oxygens (including phenoxy) is 1. The lowest BCUT2D eigenvalue weighted by Gasteiger charge is -2.29. The third kappa shape index (κ3) is 4.03. The van der Waals surface area contributed by atoms with Gasteiger partial charge in [0, 0.05) is 36.9 Å². The molecule has 2 aromatic carbocycles. The maximum Gasteiger partial charge on any atom is 0.120 e. The Morgan fingerprint density at radius 2 is 1.78 bits per heavy atom. The van der Waals surface area contributed by atoms with Gasteiger partial charge in [-0.3, -0.25) is 0 Å². The lowest BCUT2D eigenvalue weighted by atomic mass is 10.1. The zero-order valence-electron chi connectivity index (χ0n) is 13.5. The molecular formula is C19H24N2O2. The minimum Gasteiger partial charge on any atom is -0.508 e. The van der Waals surface area contributed by atoms with Crippen LogP contribution in [0.25, 0.3) is 0 Å². The van der Waals surface area contributed by atoms with Crippen molar-refractivity contribution in [3.63, 3.8) is 0 Å². The Morgan fingerprint density at radius 3 is 2.48 bits per heavy atom. The van der Waals surface area contributed by atoms with E-state index in [2.05, 4.69) is 41.4 Å². The molecule has 0 spiro atoms. The molecule has 3 rings (SSSR count). The summed E-state index contributed by atoms with van der Waals surface area (Å²) in [5.74, 6) is 0.342. The third-order valence-electron chi connectivity index (χ3n) is 4.36. The van der Waals surface area contributed by atoms with E-state index in [-0.39, 0.29) is 6.04 Å². The van der Waals surface area contributed by atoms with Crippen LogP contribution in [0.3, 0.4) is 0 Å². The maximum absolute atomic E-state index is 9.82. The van der Waals surface area contributed by atoms with Crippen molar-refractivity contribution >= 4 is 5.69 Å². The summed E-state index contributed by atoms with van der Waals surface area (Å²) in [5.41, 5.74) is 3.42. The summed E-state index contributed by atoms with van der Waals surface area (Å²) < 4.78 is 5.39. The van der Waals surface area contributed by atoms with Gasteiger partial charge >= 0.3 is 0 Å². The van der Waals surface area contributed by atoms with Gasteiger partial charge in [-0.15, -0.1) is 0 Å². The average molecular weight is 312 g/mol. The number of anilines is 1. The molecule has 0 saturated carbocycles. The Morgan fingerprint density at radius 1 is 1.09 bits per heavy atom. The first-order valence-electron chi connectivity index (χ1n) is 8.17. The third-order valence-corrected chi connectivity index (χ3v) is 4.36. The van der Waals surface area contributed by atoms with Gasteiger partial charge in [0.15, 0.2) is 0 Å². The Labute approximate surface area is 137 Å². The van der Waals surface area contributed by atoms with Crippen molar-refractivity contribution in [2.45, 2.75) is 19.5 Å². The van der Waals surface area contributed by atoms with E-state index < -0.39 is 0 Å². The van der Waals surface area contributed by atoms with E-state index in [1.165, 1.54) is 11.3 Å². The normalized spacial score (nSPS) is 16.3. The van der Waals surface area contributed by atoms with Crippen LogP contribution in [0.1, 0.15) is 24.1 Å². The molecule has 0 amide bonds. The molecule has 0 aromatic heterocycles. The number of benzene rings is 2. The molecule has 2 aromatic rings. The van der Waals surface area contributed by atoms with Crippen molar-refractivity contribution in [2.75, 3.05) is 31.2 Å². The van der Waals surface area contributed by atoms with Crippen LogP contribution in [0.2, 0.25) is 0 Å². The fraction of sp³-hybridized carbons (Fsp3) is 0.368. The van der Waals surface area contributed by atoms with Gasteiger partial charge in [0.1, 0.15) is 5.75 Å². The highest BCUT2D eigenvalue weighted by atomic mass is 16.5. The number of hydrogen-bond acceptors (Lipinski definition) is 4. The van der Waals surface area contributed by atoms with Crippen molar-refractivity contribution in [1.29, 1.82) is 0 Å². The highest BCUT2D eigenvalue weighted by molar-refractivity contribution is 5.48. The Bertz CT molecular complexity index is 622. The van der Waals surface area contributed by atoms with Crippen LogP contribution in [0.15, 0.2) is 48.5 Å². The Balaban J connectivity index is 1.59. The number of para-hydroxylation sites is 1. The molecule has 1 atom stereocenters. The standard InChI is InChI=1S/C19H24N2O2/c1-15(20-14-17-4-2-3-5-19(17)22)16-6-8-18(9-7-16)21-10-12-23-13-11-21/h2-9,15,20,22H,10-14H2,1H3/t15-/m0/s1. The SMILES string of the molecule is C[C@H](NCc1ccccc1O)c1ccc(N2CCOCC2)cc1. The highest BCUT2D eigenvalue weighted by Gasteiger charge is 2.12. The Kier molecular flexibility index (Phi) is 5.16. The van der Waals surface area contributed by atoms with E-state index >= 15 is 0 Å². The lowest BCUT2D eigenvalue weighted by molar-refractivity contribution is 0.122. The second-order valence-corrected chi connectivity index (χ2v) is 5.92. The minimum atomic E-state index is 0.230. The van der Waals surface area contributed by atoms with E-state index in [1.54, 1.807) is 6.07 Å². The number of nitrogens with zero attached hydrogens (tertiary/aromatic N) is 1. The molecule has 2 N–H and O–H groups in total. The van der Waals surface area contributed by atoms with Gasteiger partial charge in [-0.1, -0.05) is 30.3 Å². The van der Waals surface area contributed by atoms with Gasteiger partial charge in [-0.05, 0) is 30.7 Å². The van der Waals surface area contributed by atoms with Gasteiger partial charge in [0.25, 0.3) is 0 Å². The largest absolute Gasteiger partial charge is 0.508 e. The highest BCUT2D eigenvalue weighted by Crippen LogP contribution is 2.21. The summed E-state index contributed by atoms with van der Waals surface area (Å²) in [5, 5.41) is 13.3. The molecule has 0 aliphatic carbocycles. The van der Waals surface area contributed by atoms with Crippen molar-refractivity contribution in [3.05, 3.63) is 59.7 Å². The van der Waals surface area contributed by atoms with Crippen LogP contribution in [-0.4, -0.2) is 31.4 Å². The molecule has 1 heterocycles. The van der Waals surface area contributed by atoms with Crippen LogP contribution in [-0.2, 0) is 11.3 Å². The van der Waals surface area contributed by atoms with E-state index in [0.29, 0.717) is 12.3 Å². The number of nitrogens with one attached hydrogen (secondary N) is 1. The van der Waals surface area contributed by atoms with Crippen molar-refractivity contribution in [3.8, 4) is 5.75 Å². The summed E-state index contributed by atoms with van der Waals surface area (Å²) in [6, 6.07) is 16.4. The number of phenolic OH excluding ortho intramolecular Hbond substituents is 1. The van der Waals surface area contributed by atoms with Gasteiger partial charge in [0.05, 0.1) is 13.2 Å². The first-order valence-corrected chi connectivity index (χ1v) is 8.17. The fourth-order valence-electron chi connectivity index (χ4n) is 2.84. The second kappa shape index (κ2) is 7.49. The van der Waals surface area contributed by atoms with Crippen LogP contribution < -0.4 is 10.2 Å². The van der Waals surface area contributed by atoms with Gasteiger partial charge in [-0.2, -0.15) is 0 Å². The smallest absolute Gasteiger partial charge is 0.120 e. The van der Waals surface area contributed by atoms with Gasteiger partial charge in [0.2, 0.25) is 0 Å². The molecule has 0 bridgehead atoms. The van der Waals surface area contributed by atoms with Crippen LogP contribution in [0.4, 0.5) is 5.69 Å². The lowest BCUT2D eigenvalue weighted by Crippen LogP contribution is -2.36. The second-order valence-electron chi connectivity index (χ2n) is 5.92. The van der Waals surface area contributed by atoms with Crippen molar-refractivity contribution < 1.29 is 9.84 Å². The van der Waals surface area contributed by atoms with Crippen LogP contribution in [0.5, 0.6) is 5.75 Å². The topological polar surface area (TPSA) is 44.7 Å². The van der Waals surface area contributed by atoms with Gasteiger partial charge in [-0.25, -0.2) is 0 Å². The summed E-state index contributed by atoms with van der Waals surface area (Å²) in [7, 11) is 0. The van der Waals surface area contributed by atoms with E-state index in [1.807, 2.05) is 18.2 Å². The molecule has 0 unspecified atom stereocenters. The zero-order chi connectivity index (χ0) is 16.1. The number of rotatable bonds is 5. The zero-order valence-corrected chi connectivity index (χ0v) is 13.5. The van der Waals surface area contributed by atoms with Crippen LogP contribution in [0, 0.1) is 0 Å². The Hall–Kier alpha value is -2.04. The fourth-order valence-corrected chi connectivity index (χ4v) is 2.84. The summed E-state index contributed by atoms with van der Waals surface area (Å²) in [4.78, 5) is 2.35. The number of hydrogen-bond donors (Lipinski definition) is 2. The first kappa shape index (κ1) is 15.8. The average Bonchev–Trinajstić information content (AvgIpc) is 2.62. The molecule has 1 saturated heterocycles. The molecular weight excluding hydrogens is 288 g/mol. The molecule has 1 fully saturated rings.